The highest BCUT2D eigenvalue weighted by molar-refractivity contribution is 5.91. The van der Waals surface area contributed by atoms with Crippen molar-refractivity contribution in [2.45, 2.75) is 44.6 Å². The lowest BCUT2D eigenvalue weighted by atomic mass is 9.90. The van der Waals surface area contributed by atoms with Crippen LogP contribution in [0.15, 0.2) is 24.3 Å². The van der Waals surface area contributed by atoms with Crippen LogP contribution in [0.1, 0.15) is 39.0 Å². The zero-order valence-electron chi connectivity index (χ0n) is 14.2. The van der Waals surface area contributed by atoms with Gasteiger partial charge in [-0.05, 0) is 19.3 Å². The molecular weight excluding hydrogens is 282 g/mol. The zero-order valence-corrected chi connectivity index (χ0v) is 14.2. The molecule has 0 fully saturated rings. The number of hydrogen-bond donors (Lipinski definition) is 2. The Labute approximate surface area is 133 Å². The van der Waals surface area contributed by atoms with Crippen molar-refractivity contribution in [2.75, 3.05) is 27.7 Å². The van der Waals surface area contributed by atoms with E-state index in [0.29, 0.717) is 10.9 Å². The lowest BCUT2D eigenvalue weighted by Gasteiger charge is -2.33. The standard InChI is InChI=1S/C17H29NO4/c1-5-6-7-8-9-10-11-12-15(19)17(22,13-16(20)21)14-18(2,3)4/h6-7,9-10,22H,5,8,11-14H2,1-4H3/p+1. The number of rotatable bonds is 11. The number of allylic oxidation sites excluding steroid dienone is 4. The van der Waals surface area contributed by atoms with Gasteiger partial charge >= 0.3 is 5.97 Å². The fraction of sp³-hybridized carbons (Fsp3) is 0.647. The highest BCUT2D eigenvalue weighted by atomic mass is 16.4. The molecular formula is C17H30NO4+. The Hall–Kier alpha value is -1.46. The number of carboxylic acid groups (broad SMARTS) is 1. The van der Waals surface area contributed by atoms with Crippen LogP contribution in [0.3, 0.4) is 0 Å². The van der Waals surface area contributed by atoms with Gasteiger partial charge < -0.3 is 14.7 Å². The first kappa shape index (κ1) is 20.5. The van der Waals surface area contributed by atoms with Crippen LogP contribution < -0.4 is 0 Å². The maximum absolute atomic E-state index is 12.2. The van der Waals surface area contributed by atoms with Crippen molar-refractivity contribution in [3.63, 3.8) is 0 Å². The van der Waals surface area contributed by atoms with E-state index in [0.717, 1.165) is 12.8 Å². The van der Waals surface area contributed by atoms with E-state index in [1.807, 2.05) is 33.3 Å². The molecule has 0 spiro atoms. The minimum Gasteiger partial charge on any atom is -0.481 e. The number of Topliss-reactive ketones (excluding diaryl/α,β-unsaturated/α-hetero) is 1. The van der Waals surface area contributed by atoms with Crippen molar-refractivity contribution in [3.8, 4) is 0 Å². The van der Waals surface area contributed by atoms with Crippen LogP contribution in [0.25, 0.3) is 0 Å². The first-order valence-electron chi connectivity index (χ1n) is 7.68. The van der Waals surface area contributed by atoms with Crippen LogP contribution in [-0.2, 0) is 9.59 Å². The van der Waals surface area contributed by atoms with Gasteiger partial charge in [-0.3, -0.25) is 9.59 Å². The van der Waals surface area contributed by atoms with Crippen molar-refractivity contribution < 1.29 is 24.3 Å². The Bertz CT molecular complexity index is 421. The van der Waals surface area contributed by atoms with E-state index in [-0.39, 0.29) is 13.0 Å². The normalized spacial score (nSPS) is 15.3. The van der Waals surface area contributed by atoms with Crippen LogP contribution in [0, 0.1) is 0 Å². The van der Waals surface area contributed by atoms with E-state index >= 15 is 0 Å². The summed E-state index contributed by atoms with van der Waals surface area (Å²) in [6, 6.07) is 0. The van der Waals surface area contributed by atoms with Gasteiger partial charge in [0, 0.05) is 6.42 Å². The van der Waals surface area contributed by atoms with E-state index < -0.39 is 23.8 Å². The molecule has 0 amide bonds. The molecule has 126 valence electrons. The third-order valence-electron chi connectivity index (χ3n) is 3.08. The van der Waals surface area contributed by atoms with Gasteiger partial charge in [-0.1, -0.05) is 31.2 Å². The van der Waals surface area contributed by atoms with Gasteiger partial charge in [0.05, 0.1) is 27.6 Å². The number of nitrogens with zero attached hydrogens (tertiary/aromatic N) is 1. The SMILES string of the molecule is CCC=CCC=CCCC(=O)C(O)(CC(=O)O)C[N+](C)(C)C. The fourth-order valence-corrected chi connectivity index (χ4v) is 2.28. The van der Waals surface area contributed by atoms with Crippen LogP contribution in [0.4, 0.5) is 0 Å². The zero-order chi connectivity index (χ0) is 17.2. The van der Waals surface area contributed by atoms with E-state index in [9.17, 15) is 14.7 Å². The van der Waals surface area contributed by atoms with Gasteiger partial charge in [-0.15, -0.1) is 0 Å². The summed E-state index contributed by atoms with van der Waals surface area (Å²) in [5, 5.41) is 19.4. The smallest absolute Gasteiger partial charge is 0.306 e. The first-order valence-corrected chi connectivity index (χ1v) is 7.68. The minimum absolute atomic E-state index is 0.0844. The van der Waals surface area contributed by atoms with E-state index in [2.05, 4.69) is 19.1 Å². The molecule has 0 aliphatic carbocycles. The number of hydrogen-bond acceptors (Lipinski definition) is 3. The molecule has 0 aliphatic rings. The summed E-state index contributed by atoms with van der Waals surface area (Å²) < 4.78 is 0.327. The Morgan fingerprint density at radius 2 is 1.68 bits per heavy atom. The number of likely N-dealkylation sites (N-methyl/N-ethyl adjacent to an activating group) is 1. The Morgan fingerprint density at radius 1 is 1.09 bits per heavy atom. The summed E-state index contributed by atoms with van der Waals surface area (Å²) in [5.74, 6) is -1.57. The predicted octanol–water partition coefficient (Wildman–Crippen LogP) is 2.16. The average Bonchev–Trinajstić information content (AvgIpc) is 2.34. The largest absolute Gasteiger partial charge is 0.481 e. The van der Waals surface area contributed by atoms with Crippen LogP contribution >= 0.6 is 0 Å². The van der Waals surface area contributed by atoms with Crippen LogP contribution in [0.5, 0.6) is 0 Å². The summed E-state index contributed by atoms with van der Waals surface area (Å²) in [6.45, 7) is 2.15. The molecule has 0 saturated heterocycles. The molecule has 0 radical (unpaired) electrons. The fourth-order valence-electron chi connectivity index (χ4n) is 2.28. The Kier molecular flexibility index (Phi) is 8.90. The predicted molar refractivity (Wildman–Crippen MR) is 87.5 cm³/mol. The van der Waals surface area contributed by atoms with Crippen molar-refractivity contribution >= 4 is 11.8 Å². The van der Waals surface area contributed by atoms with E-state index in [4.69, 9.17) is 5.11 Å². The van der Waals surface area contributed by atoms with Crippen molar-refractivity contribution in [3.05, 3.63) is 24.3 Å². The van der Waals surface area contributed by atoms with Crippen LogP contribution in [-0.4, -0.2) is 59.7 Å². The maximum atomic E-state index is 12.2. The average molecular weight is 312 g/mol. The molecule has 1 unspecified atom stereocenters. The highest BCUT2D eigenvalue weighted by Gasteiger charge is 2.42. The van der Waals surface area contributed by atoms with Gasteiger partial charge in [-0.25, -0.2) is 0 Å². The number of carbonyl (C=O) groups is 2. The summed E-state index contributed by atoms with van der Waals surface area (Å²) in [4.78, 5) is 23.2. The number of quaternary nitrogens is 1. The molecule has 0 aliphatic heterocycles. The molecule has 22 heavy (non-hydrogen) atoms. The third-order valence-corrected chi connectivity index (χ3v) is 3.08. The Balaban J connectivity index is 4.58. The van der Waals surface area contributed by atoms with E-state index in [1.54, 1.807) is 0 Å². The monoisotopic (exact) mass is 312 g/mol. The van der Waals surface area contributed by atoms with Crippen molar-refractivity contribution in [1.29, 1.82) is 0 Å². The molecule has 0 aromatic rings. The quantitative estimate of drug-likeness (QED) is 0.453. The van der Waals surface area contributed by atoms with Crippen LogP contribution in [0.2, 0.25) is 0 Å². The lowest BCUT2D eigenvalue weighted by molar-refractivity contribution is -0.875. The summed E-state index contributed by atoms with van der Waals surface area (Å²) in [6.07, 6.45) is 9.92. The minimum atomic E-state index is -1.81. The number of carbonyl (C=O) groups excluding carboxylic acids is 1. The molecule has 0 saturated carbocycles. The topological polar surface area (TPSA) is 74.6 Å². The maximum Gasteiger partial charge on any atom is 0.306 e. The number of aliphatic carboxylic acids is 1. The second-order valence-corrected chi connectivity index (χ2v) is 6.60. The third kappa shape index (κ3) is 9.47. The number of aliphatic hydroxyl groups is 1. The molecule has 0 rings (SSSR count). The highest BCUT2D eigenvalue weighted by Crippen LogP contribution is 2.19. The van der Waals surface area contributed by atoms with Crippen molar-refractivity contribution in [2.24, 2.45) is 0 Å². The summed E-state index contributed by atoms with van der Waals surface area (Å²) in [5.41, 5.74) is -1.81. The summed E-state index contributed by atoms with van der Waals surface area (Å²) >= 11 is 0. The second kappa shape index (κ2) is 9.54. The Morgan fingerprint density at radius 3 is 2.18 bits per heavy atom. The molecule has 0 bridgehead atoms. The molecule has 0 heterocycles. The number of ketones is 1. The molecule has 5 heteroatoms. The number of carboxylic acids is 1. The molecule has 2 N–H and O–H groups in total. The molecule has 5 nitrogen and oxygen atoms in total. The first-order chi connectivity index (χ1) is 10.1. The summed E-state index contributed by atoms with van der Waals surface area (Å²) in [7, 11) is 5.46. The molecule has 0 aromatic carbocycles. The molecule has 1 atom stereocenters. The molecule has 0 aromatic heterocycles. The van der Waals surface area contributed by atoms with Gasteiger partial charge in [-0.2, -0.15) is 0 Å². The second-order valence-electron chi connectivity index (χ2n) is 6.60. The van der Waals surface area contributed by atoms with Crippen molar-refractivity contribution in [1.82, 2.24) is 0 Å². The van der Waals surface area contributed by atoms with Gasteiger partial charge in [0.1, 0.15) is 6.54 Å². The lowest BCUT2D eigenvalue weighted by Crippen LogP contribution is -2.54. The van der Waals surface area contributed by atoms with Gasteiger partial charge in [0.15, 0.2) is 11.4 Å². The van der Waals surface area contributed by atoms with Gasteiger partial charge in [0.25, 0.3) is 0 Å². The van der Waals surface area contributed by atoms with Gasteiger partial charge in [0.2, 0.25) is 0 Å². The van der Waals surface area contributed by atoms with E-state index in [1.165, 1.54) is 0 Å².